The van der Waals surface area contributed by atoms with E-state index in [2.05, 4.69) is 5.32 Å². The summed E-state index contributed by atoms with van der Waals surface area (Å²) in [5.41, 5.74) is 5.36. The molecule has 0 aromatic heterocycles. The largest absolute Gasteiger partial charge is 0.477 e. The fourth-order valence-electron chi connectivity index (χ4n) is 3.98. The molecule has 0 aromatic rings. The molecule has 11 atom stereocenters. The van der Waals surface area contributed by atoms with Crippen LogP contribution < -0.4 is 11.1 Å². The highest BCUT2D eigenvalue weighted by Crippen LogP contribution is 2.37. The first kappa shape index (κ1) is 29.7. The van der Waals surface area contributed by atoms with E-state index in [0.29, 0.717) is 0 Å². The lowest BCUT2D eigenvalue weighted by Gasteiger charge is -2.49. The van der Waals surface area contributed by atoms with Crippen LogP contribution in [-0.4, -0.2) is 146 Å². The molecule has 11 unspecified atom stereocenters. The lowest BCUT2D eigenvalue weighted by molar-refractivity contribution is -0.369. The molecule has 0 saturated carbocycles. The number of ether oxygens (including phenoxy) is 4. The van der Waals surface area contributed by atoms with E-state index < -0.39 is 98.5 Å². The van der Waals surface area contributed by atoms with Crippen molar-refractivity contribution in [2.75, 3.05) is 26.4 Å². The second-order valence-corrected chi connectivity index (χ2v) is 8.33. The van der Waals surface area contributed by atoms with Crippen LogP contribution in [0.3, 0.4) is 0 Å². The van der Waals surface area contributed by atoms with Crippen molar-refractivity contribution >= 4 is 11.9 Å². The van der Waals surface area contributed by atoms with Crippen molar-refractivity contribution in [3.8, 4) is 0 Å². The Morgan fingerprint density at radius 1 is 1.20 bits per heavy atom. The minimum Gasteiger partial charge on any atom is -0.477 e. The van der Waals surface area contributed by atoms with Crippen molar-refractivity contribution in [1.82, 2.24) is 5.32 Å². The van der Waals surface area contributed by atoms with Crippen LogP contribution in [0.1, 0.15) is 13.3 Å². The van der Waals surface area contributed by atoms with Gasteiger partial charge in [-0.15, -0.1) is 0 Å². The summed E-state index contributed by atoms with van der Waals surface area (Å²) in [6, 6.07) is -1.44. The Morgan fingerprint density at radius 3 is 2.37 bits per heavy atom. The first-order chi connectivity index (χ1) is 16.4. The highest BCUT2D eigenvalue weighted by molar-refractivity contribution is 5.76. The van der Waals surface area contributed by atoms with Crippen LogP contribution in [-0.2, 0) is 28.5 Å². The predicted molar refractivity (Wildman–Crippen MR) is 110 cm³/mol. The summed E-state index contributed by atoms with van der Waals surface area (Å²) in [7, 11) is 0. The average molecular weight is 514 g/mol. The van der Waals surface area contributed by atoms with E-state index >= 15 is 0 Å². The molecule has 0 aromatic carbocycles. The number of aliphatic hydroxyl groups is 7. The topological polar surface area (TPSA) is 271 Å². The fraction of sp³-hybridized carbons (Fsp3) is 0.895. The van der Waals surface area contributed by atoms with Crippen molar-refractivity contribution in [3.63, 3.8) is 0 Å². The monoisotopic (exact) mass is 514 g/mol. The Bertz CT molecular complexity index is 715. The van der Waals surface area contributed by atoms with Crippen molar-refractivity contribution in [2.45, 2.75) is 80.3 Å². The van der Waals surface area contributed by atoms with Crippen LogP contribution in [0.2, 0.25) is 0 Å². The molecule has 2 rings (SSSR count). The van der Waals surface area contributed by atoms with E-state index in [1.807, 2.05) is 0 Å². The molecule has 16 nitrogen and oxygen atoms in total. The van der Waals surface area contributed by atoms with Crippen LogP contribution in [0, 0.1) is 0 Å². The number of aliphatic carboxylic acids is 1. The standard InChI is InChI=1S/C19H34N2O14/c1-7(24)21-11-8(25)4-19(18(30)31,34-15(11)12(27)9(26)5-22)35-16-13(28)10(6-23)33-17(14(16)29)32-3-2-20/h8-17,22-23,25-29H,2-6,20H2,1H3,(H,21,24)(H,30,31). The summed E-state index contributed by atoms with van der Waals surface area (Å²) in [4.78, 5) is 23.9. The molecule has 2 aliphatic heterocycles. The zero-order valence-electron chi connectivity index (χ0n) is 18.9. The molecule has 2 saturated heterocycles. The van der Waals surface area contributed by atoms with E-state index in [9.17, 15) is 50.4 Å². The third-order valence-electron chi connectivity index (χ3n) is 5.73. The number of nitrogens with two attached hydrogens (primary N) is 1. The third-order valence-corrected chi connectivity index (χ3v) is 5.73. The molecule has 0 spiro atoms. The van der Waals surface area contributed by atoms with Crippen molar-refractivity contribution in [3.05, 3.63) is 0 Å². The molecule has 2 aliphatic rings. The summed E-state index contributed by atoms with van der Waals surface area (Å²) >= 11 is 0. The number of carboxylic acid groups (broad SMARTS) is 1. The van der Waals surface area contributed by atoms with Crippen molar-refractivity contribution < 1.29 is 69.4 Å². The number of carbonyl (C=O) groups is 2. The second kappa shape index (κ2) is 12.6. The number of carbonyl (C=O) groups excluding carboxylic acids is 1. The van der Waals surface area contributed by atoms with Gasteiger partial charge in [-0.2, -0.15) is 0 Å². The number of carboxylic acids is 1. The molecule has 0 radical (unpaired) electrons. The van der Waals surface area contributed by atoms with Gasteiger partial charge < -0.3 is 70.9 Å². The lowest BCUT2D eigenvalue weighted by atomic mass is 9.88. The molecule has 0 aliphatic carbocycles. The lowest BCUT2D eigenvalue weighted by Crippen LogP contribution is -2.70. The summed E-state index contributed by atoms with van der Waals surface area (Å²) in [5, 5.41) is 83.3. The average Bonchev–Trinajstić information content (AvgIpc) is 2.81. The minimum atomic E-state index is -2.84. The van der Waals surface area contributed by atoms with E-state index in [0.717, 1.165) is 6.92 Å². The number of hydrogen-bond acceptors (Lipinski definition) is 14. The van der Waals surface area contributed by atoms with Gasteiger partial charge in [0.25, 0.3) is 5.79 Å². The highest BCUT2D eigenvalue weighted by Gasteiger charge is 2.59. The van der Waals surface area contributed by atoms with Crippen LogP contribution >= 0.6 is 0 Å². The maximum absolute atomic E-state index is 12.3. The summed E-state index contributed by atoms with van der Waals surface area (Å²) < 4.78 is 21.5. The van der Waals surface area contributed by atoms with Crippen molar-refractivity contribution in [1.29, 1.82) is 0 Å². The minimum absolute atomic E-state index is 0.0239. The van der Waals surface area contributed by atoms with Gasteiger partial charge in [-0.1, -0.05) is 0 Å². The fourth-order valence-corrected chi connectivity index (χ4v) is 3.98. The van der Waals surface area contributed by atoms with E-state index in [1.165, 1.54) is 0 Å². The van der Waals surface area contributed by atoms with Gasteiger partial charge in [0.05, 0.1) is 32.0 Å². The van der Waals surface area contributed by atoms with Crippen LogP contribution in [0.25, 0.3) is 0 Å². The molecule has 35 heavy (non-hydrogen) atoms. The zero-order valence-corrected chi connectivity index (χ0v) is 18.9. The van der Waals surface area contributed by atoms with Gasteiger partial charge in [-0.25, -0.2) is 4.79 Å². The highest BCUT2D eigenvalue weighted by atomic mass is 16.8. The SMILES string of the molecule is CC(=O)NC1C(O)CC(OC2C(O)C(CO)OC(OCCN)C2O)(C(=O)O)OC1C(O)C(O)CO. The Labute approximate surface area is 199 Å². The maximum Gasteiger partial charge on any atom is 0.364 e. The van der Waals surface area contributed by atoms with Crippen molar-refractivity contribution in [2.24, 2.45) is 5.73 Å². The number of hydrogen-bond donors (Lipinski definition) is 10. The molecular formula is C19H34N2O14. The van der Waals surface area contributed by atoms with E-state index in [1.54, 1.807) is 0 Å². The van der Waals surface area contributed by atoms with E-state index in [4.69, 9.17) is 24.7 Å². The Morgan fingerprint density at radius 2 is 1.86 bits per heavy atom. The summed E-state index contributed by atoms with van der Waals surface area (Å²) in [6.07, 6.45) is -16.6. The molecule has 0 bridgehead atoms. The van der Waals surface area contributed by atoms with E-state index in [-0.39, 0.29) is 13.2 Å². The molecule has 11 N–H and O–H groups in total. The number of rotatable bonds is 11. The normalized spacial score (nSPS) is 39.6. The first-order valence-electron chi connectivity index (χ1n) is 10.9. The molecule has 16 heteroatoms. The molecule has 2 fully saturated rings. The number of aliphatic hydroxyl groups excluding tert-OH is 7. The van der Waals surface area contributed by atoms with Crippen LogP contribution in [0.4, 0.5) is 0 Å². The first-order valence-corrected chi connectivity index (χ1v) is 10.9. The second-order valence-electron chi connectivity index (χ2n) is 8.33. The Hall–Kier alpha value is -1.54. The number of nitrogens with one attached hydrogen (secondary N) is 1. The van der Waals surface area contributed by atoms with Gasteiger partial charge in [0.15, 0.2) is 6.29 Å². The molecular weight excluding hydrogens is 480 g/mol. The molecule has 1 amide bonds. The maximum atomic E-state index is 12.3. The van der Waals surface area contributed by atoms with Gasteiger partial charge in [0, 0.05) is 19.9 Å². The summed E-state index contributed by atoms with van der Waals surface area (Å²) in [6.45, 7) is -0.738. The smallest absolute Gasteiger partial charge is 0.364 e. The Balaban J connectivity index is 2.43. The van der Waals surface area contributed by atoms with Gasteiger partial charge in [-0.05, 0) is 0 Å². The zero-order chi connectivity index (χ0) is 26.5. The van der Waals surface area contributed by atoms with Crippen LogP contribution in [0.5, 0.6) is 0 Å². The molecule has 204 valence electrons. The number of amides is 1. The third kappa shape index (κ3) is 6.62. The predicted octanol–water partition coefficient (Wildman–Crippen LogP) is -6.06. The van der Waals surface area contributed by atoms with Gasteiger partial charge in [0.1, 0.15) is 42.7 Å². The molecule has 2 heterocycles. The summed E-state index contributed by atoms with van der Waals surface area (Å²) in [5.74, 6) is -5.37. The van der Waals surface area contributed by atoms with Gasteiger partial charge in [-0.3, -0.25) is 4.79 Å². The quantitative estimate of drug-likeness (QED) is 0.123. The van der Waals surface area contributed by atoms with Gasteiger partial charge in [0.2, 0.25) is 5.91 Å². The Kier molecular flexibility index (Phi) is 10.7. The van der Waals surface area contributed by atoms with Crippen LogP contribution in [0.15, 0.2) is 0 Å². The van der Waals surface area contributed by atoms with Gasteiger partial charge >= 0.3 is 5.97 Å².